The van der Waals surface area contributed by atoms with E-state index < -0.39 is 0 Å². The number of nitrogens with one attached hydrogen (secondary N) is 1. The Bertz CT molecular complexity index is 605. The van der Waals surface area contributed by atoms with Gasteiger partial charge in [0.05, 0.1) is 20.3 Å². The van der Waals surface area contributed by atoms with E-state index >= 15 is 0 Å². The first-order valence-corrected chi connectivity index (χ1v) is 6.98. The first kappa shape index (κ1) is 15.6. The Morgan fingerprint density at radius 1 is 1.10 bits per heavy atom. The number of methoxy groups -OCH3 is 2. The van der Waals surface area contributed by atoms with Gasteiger partial charge in [-0.2, -0.15) is 0 Å². The third kappa shape index (κ3) is 3.67. The van der Waals surface area contributed by atoms with Crippen molar-refractivity contribution in [1.29, 1.82) is 0 Å². The Balaban J connectivity index is 2.34. The Kier molecular flexibility index (Phi) is 5.44. The zero-order valence-electron chi connectivity index (χ0n) is 12.1. The van der Waals surface area contributed by atoms with Gasteiger partial charge in [0.2, 0.25) is 0 Å². The normalized spacial score (nSPS) is 12.0. The molecule has 2 rings (SSSR count). The summed E-state index contributed by atoms with van der Waals surface area (Å²) in [7, 11) is 3.28. The van der Waals surface area contributed by atoms with E-state index in [0.717, 1.165) is 22.6 Å². The summed E-state index contributed by atoms with van der Waals surface area (Å²) in [5, 5.41) is 0.645. The van der Waals surface area contributed by atoms with Crippen molar-refractivity contribution in [2.24, 2.45) is 5.84 Å². The van der Waals surface area contributed by atoms with Crippen molar-refractivity contribution < 1.29 is 9.47 Å². The van der Waals surface area contributed by atoms with E-state index in [-0.39, 0.29) is 6.04 Å². The standard InChI is InChI=1S/C16H19ClN2O2/c1-20-15-6-4-3-5-11(15)9-14(19-18)13-10-12(17)7-8-16(13)21-2/h3-8,10,14,19H,9,18H2,1-2H3. The van der Waals surface area contributed by atoms with Crippen LogP contribution in [-0.2, 0) is 6.42 Å². The van der Waals surface area contributed by atoms with Gasteiger partial charge < -0.3 is 9.47 Å². The summed E-state index contributed by atoms with van der Waals surface area (Å²) in [6.45, 7) is 0. The fraction of sp³-hybridized carbons (Fsp3) is 0.250. The van der Waals surface area contributed by atoms with E-state index in [1.54, 1.807) is 20.3 Å². The van der Waals surface area contributed by atoms with Gasteiger partial charge in [-0.25, -0.2) is 0 Å². The number of hydrogen-bond donors (Lipinski definition) is 2. The average Bonchev–Trinajstić information content (AvgIpc) is 2.53. The summed E-state index contributed by atoms with van der Waals surface area (Å²) in [6, 6.07) is 13.2. The molecule has 2 aromatic rings. The summed E-state index contributed by atoms with van der Waals surface area (Å²) in [5.41, 5.74) is 4.80. The number of hydrogen-bond acceptors (Lipinski definition) is 4. The number of halogens is 1. The molecule has 0 saturated heterocycles. The topological polar surface area (TPSA) is 56.5 Å². The van der Waals surface area contributed by atoms with E-state index in [0.29, 0.717) is 11.4 Å². The molecule has 0 fully saturated rings. The average molecular weight is 307 g/mol. The van der Waals surface area contributed by atoms with Crippen molar-refractivity contribution in [2.45, 2.75) is 12.5 Å². The predicted octanol–water partition coefficient (Wildman–Crippen LogP) is 3.10. The lowest BCUT2D eigenvalue weighted by molar-refractivity contribution is 0.393. The summed E-state index contributed by atoms with van der Waals surface area (Å²) < 4.78 is 10.8. The van der Waals surface area contributed by atoms with Gasteiger partial charge in [-0.15, -0.1) is 0 Å². The first-order valence-electron chi connectivity index (χ1n) is 6.61. The lowest BCUT2D eigenvalue weighted by atomic mass is 9.98. The quantitative estimate of drug-likeness (QED) is 0.636. The highest BCUT2D eigenvalue weighted by Crippen LogP contribution is 2.31. The van der Waals surface area contributed by atoms with Crippen LogP contribution < -0.4 is 20.7 Å². The first-order chi connectivity index (χ1) is 10.2. The Morgan fingerprint density at radius 2 is 1.81 bits per heavy atom. The fourth-order valence-corrected chi connectivity index (χ4v) is 2.51. The molecule has 0 saturated carbocycles. The minimum absolute atomic E-state index is 0.130. The van der Waals surface area contributed by atoms with Gasteiger partial charge in [-0.3, -0.25) is 11.3 Å². The third-order valence-electron chi connectivity index (χ3n) is 3.38. The van der Waals surface area contributed by atoms with E-state index in [1.165, 1.54) is 0 Å². The molecule has 3 N–H and O–H groups in total. The molecule has 112 valence electrons. The second kappa shape index (κ2) is 7.31. The SMILES string of the molecule is COc1ccccc1CC(NN)c1cc(Cl)ccc1OC. The highest BCUT2D eigenvalue weighted by Gasteiger charge is 2.17. The van der Waals surface area contributed by atoms with Gasteiger partial charge in [-0.05, 0) is 36.2 Å². The maximum absolute atomic E-state index is 6.09. The molecule has 0 amide bonds. The van der Waals surface area contributed by atoms with E-state index in [9.17, 15) is 0 Å². The highest BCUT2D eigenvalue weighted by molar-refractivity contribution is 6.30. The smallest absolute Gasteiger partial charge is 0.123 e. The van der Waals surface area contributed by atoms with Crippen LogP contribution in [0.1, 0.15) is 17.2 Å². The maximum Gasteiger partial charge on any atom is 0.123 e. The van der Waals surface area contributed by atoms with Crippen LogP contribution >= 0.6 is 11.6 Å². The van der Waals surface area contributed by atoms with Crippen molar-refractivity contribution in [1.82, 2.24) is 5.43 Å². The summed E-state index contributed by atoms with van der Waals surface area (Å²) in [6.07, 6.45) is 0.664. The van der Waals surface area contributed by atoms with Crippen molar-refractivity contribution >= 4 is 11.6 Å². The Morgan fingerprint density at radius 3 is 2.48 bits per heavy atom. The molecule has 1 unspecified atom stereocenters. The lowest BCUT2D eigenvalue weighted by Gasteiger charge is -2.20. The molecule has 0 aliphatic rings. The minimum Gasteiger partial charge on any atom is -0.496 e. The van der Waals surface area contributed by atoms with Gasteiger partial charge in [0.15, 0.2) is 0 Å². The van der Waals surface area contributed by atoms with Crippen molar-refractivity contribution in [3.8, 4) is 11.5 Å². The van der Waals surface area contributed by atoms with Gasteiger partial charge in [0.1, 0.15) is 11.5 Å². The van der Waals surface area contributed by atoms with Crippen LogP contribution in [0.25, 0.3) is 0 Å². The molecule has 0 radical (unpaired) electrons. The molecule has 0 aliphatic carbocycles. The Labute approximate surface area is 129 Å². The molecule has 0 bridgehead atoms. The monoisotopic (exact) mass is 306 g/mol. The molecular formula is C16H19ClN2O2. The Hall–Kier alpha value is -1.75. The van der Waals surface area contributed by atoms with Crippen molar-refractivity contribution in [3.05, 3.63) is 58.6 Å². The van der Waals surface area contributed by atoms with E-state index in [1.807, 2.05) is 36.4 Å². The number of para-hydroxylation sites is 1. The number of nitrogens with two attached hydrogens (primary N) is 1. The van der Waals surface area contributed by atoms with Gasteiger partial charge in [0, 0.05) is 10.6 Å². The lowest BCUT2D eigenvalue weighted by Crippen LogP contribution is -2.30. The molecule has 5 heteroatoms. The molecule has 1 atom stereocenters. The number of ether oxygens (including phenoxy) is 2. The molecule has 0 aliphatic heterocycles. The number of rotatable bonds is 6. The van der Waals surface area contributed by atoms with Crippen molar-refractivity contribution in [2.75, 3.05) is 14.2 Å². The maximum atomic E-state index is 6.09. The predicted molar refractivity (Wildman–Crippen MR) is 84.8 cm³/mol. The third-order valence-corrected chi connectivity index (χ3v) is 3.62. The minimum atomic E-state index is -0.130. The van der Waals surface area contributed by atoms with E-state index in [4.69, 9.17) is 26.9 Å². The molecule has 0 aromatic heterocycles. The number of hydrazine groups is 1. The van der Waals surface area contributed by atoms with Crippen LogP contribution in [-0.4, -0.2) is 14.2 Å². The van der Waals surface area contributed by atoms with Gasteiger partial charge in [-0.1, -0.05) is 29.8 Å². The van der Waals surface area contributed by atoms with Crippen molar-refractivity contribution in [3.63, 3.8) is 0 Å². The molecule has 0 spiro atoms. The molecule has 0 heterocycles. The van der Waals surface area contributed by atoms with Crippen LogP contribution in [0.4, 0.5) is 0 Å². The second-order valence-corrected chi connectivity index (χ2v) is 5.06. The molecule has 21 heavy (non-hydrogen) atoms. The van der Waals surface area contributed by atoms with Gasteiger partial charge in [0.25, 0.3) is 0 Å². The fourth-order valence-electron chi connectivity index (χ4n) is 2.33. The van der Waals surface area contributed by atoms with E-state index in [2.05, 4.69) is 5.43 Å². The molecular weight excluding hydrogens is 288 g/mol. The highest BCUT2D eigenvalue weighted by atomic mass is 35.5. The zero-order chi connectivity index (χ0) is 15.2. The van der Waals surface area contributed by atoms with Crippen LogP contribution in [0.5, 0.6) is 11.5 Å². The summed E-state index contributed by atoms with van der Waals surface area (Å²) in [4.78, 5) is 0. The largest absolute Gasteiger partial charge is 0.496 e. The molecule has 2 aromatic carbocycles. The van der Waals surface area contributed by atoms with Crippen LogP contribution in [0, 0.1) is 0 Å². The zero-order valence-corrected chi connectivity index (χ0v) is 12.9. The van der Waals surface area contributed by atoms with Gasteiger partial charge >= 0.3 is 0 Å². The van der Waals surface area contributed by atoms with Crippen LogP contribution in [0.15, 0.2) is 42.5 Å². The second-order valence-electron chi connectivity index (χ2n) is 4.62. The van der Waals surface area contributed by atoms with Crippen LogP contribution in [0.3, 0.4) is 0 Å². The summed E-state index contributed by atoms with van der Waals surface area (Å²) >= 11 is 6.09. The molecule has 4 nitrogen and oxygen atoms in total. The number of benzene rings is 2. The van der Waals surface area contributed by atoms with Crippen LogP contribution in [0.2, 0.25) is 5.02 Å². The summed E-state index contributed by atoms with van der Waals surface area (Å²) in [5.74, 6) is 7.31.